The molecule has 1 heterocycles. The zero-order valence-corrected chi connectivity index (χ0v) is 53.2. The first kappa shape index (κ1) is 70.8. The molecule has 482 valence electrons. The molecule has 0 saturated heterocycles. The van der Waals surface area contributed by atoms with Gasteiger partial charge in [0.05, 0.1) is 59.0 Å². The van der Waals surface area contributed by atoms with Crippen LogP contribution in [0.3, 0.4) is 0 Å². The first-order valence-corrected chi connectivity index (χ1v) is 32.3. The van der Waals surface area contributed by atoms with Gasteiger partial charge in [-0.3, -0.25) is 24.0 Å². The van der Waals surface area contributed by atoms with Crippen molar-refractivity contribution in [3.8, 4) is 33.9 Å². The number of aliphatic hydroxyl groups excluding tert-OH is 1. The minimum absolute atomic E-state index is 0.00398. The number of hydrogen-bond donors (Lipinski definition) is 6. The number of rotatable bonds is 36. The van der Waals surface area contributed by atoms with Gasteiger partial charge in [-0.1, -0.05) is 50.1 Å². The number of ether oxygens (including phenoxy) is 6. The summed E-state index contributed by atoms with van der Waals surface area (Å²) in [5, 5.41) is 33.3. The molecule has 2 aromatic carbocycles. The monoisotopic (exact) mass is 1240 g/mol. The van der Waals surface area contributed by atoms with Crippen molar-refractivity contribution in [1.82, 2.24) is 16.0 Å². The van der Waals surface area contributed by atoms with Gasteiger partial charge in [0.1, 0.15) is 28.6 Å². The largest absolute Gasteiger partial charge is 0.508 e. The van der Waals surface area contributed by atoms with Crippen LogP contribution in [0.2, 0.25) is 0 Å². The van der Waals surface area contributed by atoms with E-state index in [0.29, 0.717) is 180 Å². The van der Waals surface area contributed by atoms with Crippen molar-refractivity contribution in [2.45, 2.75) is 143 Å². The number of carbonyl (C=O) groups excluding carboxylic acids is 4. The second-order valence-electron chi connectivity index (χ2n) is 23.2. The molecule has 6 N–H and O–H groups in total. The lowest BCUT2D eigenvalue weighted by Gasteiger charge is -2.44. The van der Waals surface area contributed by atoms with E-state index in [-0.39, 0.29) is 46.2 Å². The average molecular weight is 1240 g/mol. The van der Waals surface area contributed by atoms with Crippen LogP contribution in [0.4, 0.5) is 5.69 Å². The first-order valence-electron chi connectivity index (χ1n) is 31.8. The third-order valence-corrected chi connectivity index (χ3v) is 17.3. The Balaban J connectivity index is 0.000000282. The SMILES string of the molecule is C=C1CC[C@H](O)C/C1=C/C=C1\CCC[C@]2(C)[C@@H]([C@H](C)C(=O)CCCCCNC(=O)CCOCCOCCOCCOCC)CC[C@@H]12.CCOCCC(=O)NCCCCCNC(=S)Nc1ccc(-c2c3ccc(=O)cc-3oc3cc(O)ccc23)c(OC=O)c1. The predicted octanol–water partition coefficient (Wildman–Crippen LogP) is 11.3. The maximum absolute atomic E-state index is 13.3. The van der Waals surface area contributed by atoms with Gasteiger partial charge in [0, 0.05) is 104 Å². The van der Waals surface area contributed by atoms with Crippen molar-refractivity contribution in [2.24, 2.45) is 23.2 Å². The minimum Gasteiger partial charge on any atom is -0.508 e. The van der Waals surface area contributed by atoms with Crippen LogP contribution in [0.25, 0.3) is 33.4 Å². The molecule has 18 nitrogen and oxygen atoms in total. The summed E-state index contributed by atoms with van der Waals surface area (Å²) in [7, 11) is 0. The fourth-order valence-corrected chi connectivity index (χ4v) is 12.6. The molecule has 2 aromatic rings. The lowest BCUT2D eigenvalue weighted by atomic mass is 9.60. The van der Waals surface area contributed by atoms with E-state index < -0.39 is 0 Å². The lowest BCUT2D eigenvalue weighted by Crippen LogP contribution is -2.38. The highest BCUT2D eigenvalue weighted by Gasteiger charge is 2.51. The highest BCUT2D eigenvalue weighted by Crippen LogP contribution is 2.59. The number of allylic oxidation sites excluding steroid dienone is 4. The molecule has 7 rings (SSSR count). The van der Waals surface area contributed by atoms with Crippen LogP contribution in [0.15, 0.2) is 99.3 Å². The van der Waals surface area contributed by atoms with Crippen LogP contribution in [0.1, 0.15) is 137 Å². The van der Waals surface area contributed by atoms with Crippen LogP contribution in [0.5, 0.6) is 11.5 Å². The highest BCUT2D eigenvalue weighted by atomic mass is 32.1. The number of amides is 2. The van der Waals surface area contributed by atoms with Gasteiger partial charge in [-0.05, 0) is 169 Å². The van der Waals surface area contributed by atoms with E-state index in [0.717, 1.165) is 64.2 Å². The number of Topliss-reactive ketones (excluding diaryl/α,β-unsaturated/α-hetero) is 1. The van der Waals surface area contributed by atoms with E-state index in [1.807, 2.05) is 13.8 Å². The maximum atomic E-state index is 13.3. The first-order chi connectivity index (χ1) is 42.6. The van der Waals surface area contributed by atoms with E-state index in [2.05, 4.69) is 53.8 Å². The number of benzene rings is 3. The molecule has 19 heteroatoms. The van der Waals surface area contributed by atoms with Gasteiger partial charge in [0.15, 0.2) is 10.5 Å². The minimum atomic E-state index is -0.247. The molecule has 0 radical (unpaired) electrons. The number of carbonyl (C=O) groups is 4. The number of anilines is 1. The highest BCUT2D eigenvalue weighted by molar-refractivity contribution is 7.80. The third kappa shape index (κ3) is 22.6. The summed E-state index contributed by atoms with van der Waals surface area (Å²) < 4.78 is 38.0. The van der Waals surface area contributed by atoms with Gasteiger partial charge in [0.25, 0.3) is 6.47 Å². The summed E-state index contributed by atoms with van der Waals surface area (Å²) in [5.74, 6) is 2.08. The smallest absolute Gasteiger partial charge is 0.298 e. The fraction of sp³-hybridized carbons (Fsp3) is 0.565. The molecule has 1 aliphatic heterocycles. The molecular weight excluding hydrogens is 1140 g/mol. The number of aromatic hydroxyl groups is 1. The summed E-state index contributed by atoms with van der Waals surface area (Å²) >= 11 is 5.44. The predicted molar refractivity (Wildman–Crippen MR) is 348 cm³/mol. The molecule has 0 bridgehead atoms. The second kappa shape index (κ2) is 38.3. The van der Waals surface area contributed by atoms with Crippen LogP contribution in [-0.2, 0) is 42.9 Å². The summed E-state index contributed by atoms with van der Waals surface area (Å²) in [4.78, 5) is 60.6. The molecule has 2 amide bonds. The molecule has 4 aliphatic carbocycles. The van der Waals surface area contributed by atoms with Crippen molar-refractivity contribution >= 4 is 58.1 Å². The van der Waals surface area contributed by atoms with Crippen molar-refractivity contribution < 1.29 is 62.2 Å². The number of thiocarbonyl (C=S) groups is 1. The fourth-order valence-electron chi connectivity index (χ4n) is 12.4. The topological polar surface area (TPSA) is 242 Å². The molecule has 0 spiro atoms. The van der Waals surface area contributed by atoms with Crippen molar-refractivity contribution in [2.75, 3.05) is 91.0 Å². The number of fused-ring (bicyclic) bond motifs is 3. The molecule has 5 aliphatic rings. The van der Waals surface area contributed by atoms with E-state index >= 15 is 0 Å². The third-order valence-electron chi connectivity index (χ3n) is 17.1. The summed E-state index contributed by atoms with van der Waals surface area (Å²) in [6, 6.07) is 14.5. The maximum Gasteiger partial charge on any atom is 0.298 e. The number of aliphatic hydroxyl groups is 1. The zero-order valence-electron chi connectivity index (χ0n) is 52.4. The van der Waals surface area contributed by atoms with E-state index in [4.69, 9.17) is 45.1 Å². The van der Waals surface area contributed by atoms with Gasteiger partial charge >= 0.3 is 0 Å². The summed E-state index contributed by atoms with van der Waals surface area (Å²) in [5.41, 5.74) is 6.76. The number of hydrogen-bond acceptors (Lipinski definition) is 15. The Bertz CT molecular complexity index is 2980. The number of ketones is 1. The molecule has 3 saturated carbocycles. The van der Waals surface area contributed by atoms with Crippen LogP contribution >= 0.6 is 12.2 Å². The standard InChI is InChI=1S/C38H63NO7.C31H33N3O7S/c1-5-43-22-23-45-26-27-46-25-24-44-21-18-37(42)39-20-8-6-7-11-36(41)30(3)34-16-17-35-31(10-9-19-38(34,35)4)13-14-32-28-33(40)15-12-29(32)2;1-2-39-15-12-29(38)32-13-4-3-5-14-33-31(42)34-20-6-9-23(26(16-20)40-19-35)30-24-10-7-21(36)17-27(24)41-28-18-22(37)8-11-25(28)30/h13-14,30,33-35,40H,2,5-12,15-28H2,1,3-4H3,(H,39,42);6-11,16-19,36H,2-5,12-15H2,1H3,(H,32,38)(H2,33,34,42)/b31-13+,32-14-;/t30-,33-,34+,35-,38+;/m0./s1. The Morgan fingerprint density at radius 1 is 0.750 bits per heavy atom. The van der Waals surface area contributed by atoms with Gasteiger partial charge in [-0.15, -0.1) is 0 Å². The van der Waals surface area contributed by atoms with Crippen molar-refractivity contribution in [1.29, 1.82) is 0 Å². The van der Waals surface area contributed by atoms with E-state index in [1.165, 1.54) is 60.2 Å². The van der Waals surface area contributed by atoms with Crippen LogP contribution < -0.4 is 31.4 Å². The molecule has 0 unspecified atom stereocenters. The second-order valence-corrected chi connectivity index (χ2v) is 23.6. The Morgan fingerprint density at radius 2 is 1.39 bits per heavy atom. The Kier molecular flexibility index (Phi) is 30.8. The van der Waals surface area contributed by atoms with Crippen LogP contribution in [0, 0.1) is 23.2 Å². The van der Waals surface area contributed by atoms with Gasteiger partial charge < -0.3 is 64.3 Å². The molecule has 3 fully saturated rings. The molecule has 0 aromatic heterocycles. The van der Waals surface area contributed by atoms with Crippen LogP contribution in [-0.4, -0.2) is 131 Å². The Labute approximate surface area is 525 Å². The van der Waals surface area contributed by atoms with E-state index in [9.17, 15) is 34.2 Å². The number of phenolic OH excluding ortho intramolecular Hbond substituents is 1. The van der Waals surface area contributed by atoms with Gasteiger partial charge in [-0.25, -0.2) is 0 Å². The number of unbranched alkanes of at least 4 members (excludes halogenated alkanes) is 4. The van der Waals surface area contributed by atoms with Gasteiger partial charge in [-0.2, -0.15) is 0 Å². The normalized spacial score (nSPS) is 19.4. The molecule has 5 atom stereocenters. The Hall–Kier alpha value is -6.32. The quantitative estimate of drug-likeness (QED) is 0.0107. The number of nitrogens with one attached hydrogen (secondary N) is 4. The van der Waals surface area contributed by atoms with Crippen molar-refractivity contribution in [3.05, 3.63) is 100 Å². The molecule has 88 heavy (non-hydrogen) atoms. The summed E-state index contributed by atoms with van der Waals surface area (Å²) in [6.07, 6.45) is 19.2. The van der Waals surface area contributed by atoms with Crippen molar-refractivity contribution in [3.63, 3.8) is 0 Å². The average Bonchev–Trinajstić information content (AvgIpc) is 2.37. The van der Waals surface area contributed by atoms with E-state index in [1.54, 1.807) is 30.3 Å². The van der Waals surface area contributed by atoms with Gasteiger partial charge in [0.2, 0.25) is 11.8 Å². The summed E-state index contributed by atoms with van der Waals surface area (Å²) in [6.45, 7) is 20.2. The lowest BCUT2D eigenvalue weighted by molar-refractivity contribution is -0.126. The zero-order chi connectivity index (χ0) is 63.1. The Morgan fingerprint density at radius 3 is 2.08 bits per heavy atom. The number of phenols is 1. The molecular formula is C69H96N4O14S.